The van der Waals surface area contributed by atoms with Gasteiger partial charge in [-0.05, 0) is 49.1 Å². The number of para-hydroxylation sites is 2. The van der Waals surface area contributed by atoms with E-state index >= 15 is 0 Å². The Bertz CT molecular complexity index is 886. The van der Waals surface area contributed by atoms with Crippen LogP contribution in [0.15, 0.2) is 53.7 Å². The molecule has 0 saturated heterocycles. The summed E-state index contributed by atoms with van der Waals surface area (Å²) in [4.78, 5) is 17.0. The third-order valence-corrected chi connectivity index (χ3v) is 5.62. The van der Waals surface area contributed by atoms with Crippen LogP contribution in [0.25, 0.3) is 11.0 Å². The minimum atomic E-state index is -0.0130. The highest BCUT2D eigenvalue weighted by Gasteiger charge is 2.12. The van der Waals surface area contributed by atoms with Crippen LogP contribution in [0.1, 0.15) is 38.7 Å². The molecule has 0 aliphatic rings. The average Bonchev–Trinajstić information content (AvgIpc) is 3.04. The number of benzene rings is 2. The Morgan fingerprint density at radius 3 is 2.58 bits per heavy atom. The first-order chi connectivity index (χ1) is 12.6. The molecule has 1 atom stereocenters. The number of nitrogens with one attached hydrogen (secondary N) is 1. The smallest absolute Gasteiger partial charge is 0.234 e. The number of nitrogens with zero attached hydrogens (tertiary/aromatic N) is 2. The first-order valence-electron chi connectivity index (χ1n) is 9.10. The number of aromatic nitrogens is 2. The number of hydrogen-bond donors (Lipinski definition) is 1. The molecule has 5 heteroatoms. The zero-order valence-corrected chi connectivity index (χ0v) is 16.3. The molecule has 0 aliphatic heterocycles. The van der Waals surface area contributed by atoms with Crippen molar-refractivity contribution in [1.82, 2.24) is 9.55 Å². The molecule has 1 heterocycles. The van der Waals surface area contributed by atoms with Crippen LogP contribution in [0.3, 0.4) is 0 Å². The highest BCUT2D eigenvalue weighted by atomic mass is 32.2. The number of thioether (sulfide) groups is 1. The lowest BCUT2D eigenvalue weighted by Crippen LogP contribution is -2.14. The van der Waals surface area contributed by atoms with Gasteiger partial charge in [-0.2, -0.15) is 0 Å². The van der Waals surface area contributed by atoms with Crippen LogP contribution in [0.5, 0.6) is 0 Å². The second-order valence-electron chi connectivity index (χ2n) is 6.40. The molecule has 1 aromatic heterocycles. The Kier molecular flexibility index (Phi) is 5.99. The van der Waals surface area contributed by atoms with Gasteiger partial charge in [0.1, 0.15) is 0 Å². The van der Waals surface area contributed by atoms with E-state index in [1.54, 1.807) is 0 Å². The van der Waals surface area contributed by atoms with Crippen LogP contribution in [0.2, 0.25) is 0 Å². The van der Waals surface area contributed by atoms with Gasteiger partial charge in [-0.1, -0.05) is 49.9 Å². The van der Waals surface area contributed by atoms with Gasteiger partial charge in [0.2, 0.25) is 5.91 Å². The number of amides is 1. The average molecular weight is 368 g/mol. The highest BCUT2D eigenvalue weighted by molar-refractivity contribution is 7.99. The van der Waals surface area contributed by atoms with Gasteiger partial charge in [-0.3, -0.25) is 4.79 Å². The van der Waals surface area contributed by atoms with Crippen molar-refractivity contribution >= 4 is 34.4 Å². The standard InChI is InChI=1S/C21H25N3OS/c1-4-15(3)16-10-12-17(13-11-16)22-20(25)14-26-21-23-18-8-6-7-9-19(18)24(21)5-2/h6-13,15H,4-5,14H2,1-3H3,(H,22,25). The van der Waals surface area contributed by atoms with Gasteiger partial charge >= 0.3 is 0 Å². The minimum Gasteiger partial charge on any atom is -0.325 e. The fourth-order valence-electron chi connectivity index (χ4n) is 2.93. The van der Waals surface area contributed by atoms with Gasteiger partial charge in [-0.15, -0.1) is 0 Å². The summed E-state index contributed by atoms with van der Waals surface area (Å²) in [5, 5.41) is 3.86. The van der Waals surface area contributed by atoms with E-state index in [0.717, 1.165) is 34.8 Å². The van der Waals surface area contributed by atoms with Gasteiger partial charge in [0.25, 0.3) is 0 Å². The van der Waals surface area contributed by atoms with Crippen molar-refractivity contribution in [2.24, 2.45) is 0 Å². The molecule has 0 bridgehead atoms. The number of aryl methyl sites for hydroxylation is 1. The Morgan fingerprint density at radius 1 is 1.15 bits per heavy atom. The number of hydrogen-bond acceptors (Lipinski definition) is 3. The van der Waals surface area contributed by atoms with Gasteiger partial charge in [-0.25, -0.2) is 4.98 Å². The van der Waals surface area contributed by atoms with Crippen molar-refractivity contribution in [2.45, 2.75) is 44.8 Å². The number of imidazole rings is 1. The van der Waals surface area contributed by atoms with Crippen molar-refractivity contribution in [1.29, 1.82) is 0 Å². The Balaban J connectivity index is 1.62. The molecular formula is C21H25N3OS. The lowest BCUT2D eigenvalue weighted by Gasteiger charge is -2.10. The maximum absolute atomic E-state index is 12.3. The van der Waals surface area contributed by atoms with Crippen LogP contribution in [0.4, 0.5) is 5.69 Å². The van der Waals surface area contributed by atoms with E-state index in [4.69, 9.17) is 0 Å². The number of carbonyl (C=O) groups is 1. The van der Waals surface area contributed by atoms with Crippen molar-refractivity contribution in [3.63, 3.8) is 0 Å². The molecule has 1 amide bonds. The summed E-state index contributed by atoms with van der Waals surface area (Å²) in [6.07, 6.45) is 1.11. The molecule has 1 unspecified atom stereocenters. The third kappa shape index (κ3) is 4.10. The van der Waals surface area contributed by atoms with Crippen LogP contribution < -0.4 is 5.32 Å². The molecular weight excluding hydrogens is 342 g/mol. The number of anilines is 1. The van der Waals surface area contributed by atoms with Gasteiger partial charge in [0.05, 0.1) is 16.8 Å². The van der Waals surface area contributed by atoms with E-state index in [2.05, 4.69) is 53.8 Å². The minimum absolute atomic E-state index is 0.0130. The largest absolute Gasteiger partial charge is 0.325 e. The molecule has 26 heavy (non-hydrogen) atoms. The van der Waals surface area contributed by atoms with Gasteiger partial charge in [0, 0.05) is 12.2 Å². The Labute approximate surface area is 159 Å². The van der Waals surface area contributed by atoms with Crippen LogP contribution >= 0.6 is 11.8 Å². The predicted octanol–water partition coefficient (Wildman–Crippen LogP) is 5.30. The van der Waals surface area contributed by atoms with E-state index in [1.807, 2.05) is 30.3 Å². The van der Waals surface area contributed by atoms with Crippen LogP contribution in [0, 0.1) is 0 Å². The highest BCUT2D eigenvalue weighted by Crippen LogP contribution is 2.24. The first kappa shape index (κ1) is 18.5. The predicted molar refractivity (Wildman–Crippen MR) is 110 cm³/mol. The van der Waals surface area contributed by atoms with Crippen LogP contribution in [-0.2, 0) is 11.3 Å². The first-order valence-corrected chi connectivity index (χ1v) is 10.1. The zero-order valence-electron chi connectivity index (χ0n) is 15.5. The summed E-state index contributed by atoms with van der Waals surface area (Å²) < 4.78 is 2.15. The molecule has 3 rings (SSSR count). The van der Waals surface area contributed by atoms with E-state index in [0.29, 0.717) is 11.7 Å². The fourth-order valence-corrected chi connectivity index (χ4v) is 3.81. The van der Waals surface area contributed by atoms with Gasteiger partial charge < -0.3 is 9.88 Å². The summed E-state index contributed by atoms with van der Waals surface area (Å²) in [6, 6.07) is 16.2. The molecule has 136 valence electrons. The molecule has 0 saturated carbocycles. The monoisotopic (exact) mass is 367 g/mol. The lowest BCUT2D eigenvalue weighted by molar-refractivity contribution is -0.113. The second-order valence-corrected chi connectivity index (χ2v) is 7.34. The Hall–Kier alpha value is -2.27. The van der Waals surface area contributed by atoms with Crippen LogP contribution in [-0.4, -0.2) is 21.2 Å². The molecule has 4 nitrogen and oxygen atoms in total. The molecule has 1 N–H and O–H groups in total. The Morgan fingerprint density at radius 2 is 1.88 bits per heavy atom. The maximum atomic E-state index is 12.3. The summed E-state index contributed by atoms with van der Waals surface area (Å²) >= 11 is 1.48. The summed E-state index contributed by atoms with van der Waals surface area (Å²) in [5.74, 6) is 0.870. The number of rotatable bonds is 7. The van der Waals surface area contributed by atoms with E-state index in [9.17, 15) is 4.79 Å². The molecule has 2 aromatic carbocycles. The fraction of sp³-hybridized carbons (Fsp3) is 0.333. The maximum Gasteiger partial charge on any atom is 0.234 e. The van der Waals surface area contributed by atoms with Gasteiger partial charge in [0.15, 0.2) is 5.16 Å². The molecule has 3 aromatic rings. The summed E-state index contributed by atoms with van der Waals surface area (Å²) in [5.41, 5.74) is 4.22. The SMILES string of the molecule is CCC(C)c1ccc(NC(=O)CSc2nc3ccccc3n2CC)cc1. The van der Waals surface area contributed by atoms with Crippen molar-refractivity contribution in [3.8, 4) is 0 Å². The van der Waals surface area contributed by atoms with E-state index < -0.39 is 0 Å². The van der Waals surface area contributed by atoms with Crippen molar-refractivity contribution in [3.05, 3.63) is 54.1 Å². The molecule has 0 fully saturated rings. The quantitative estimate of drug-likeness (QED) is 0.576. The van der Waals surface area contributed by atoms with E-state index in [1.165, 1.54) is 17.3 Å². The van der Waals surface area contributed by atoms with Crippen molar-refractivity contribution in [2.75, 3.05) is 11.1 Å². The third-order valence-electron chi connectivity index (χ3n) is 4.64. The molecule has 0 radical (unpaired) electrons. The lowest BCUT2D eigenvalue weighted by atomic mass is 9.99. The number of carbonyl (C=O) groups excluding carboxylic acids is 1. The normalized spacial score (nSPS) is 12.3. The molecule has 0 aliphatic carbocycles. The zero-order chi connectivity index (χ0) is 18.5. The molecule has 0 spiro atoms. The number of fused-ring (bicyclic) bond motifs is 1. The summed E-state index contributed by atoms with van der Waals surface area (Å²) in [6.45, 7) is 7.32. The van der Waals surface area contributed by atoms with E-state index in [-0.39, 0.29) is 5.91 Å². The topological polar surface area (TPSA) is 46.9 Å². The second kappa shape index (κ2) is 8.41. The summed E-state index contributed by atoms with van der Waals surface area (Å²) in [7, 11) is 0. The van der Waals surface area contributed by atoms with Crippen molar-refractivity contribution < 1.29 is 4.79 Å².